The summed E-state index contributed by atoms with van der Waals surface area (Å²) in [6, 6.07) is 8.67. The lowest BCUT2D eigenvalue weighted by Gasteiger charge is -2.14. The maximum absolute atomic E-state index is 12.4. The van der Waals surface area contributed by atoms with Gasteiger partial charge in [-0.25, -0.2) is 4.68 Å². The molecule has 1 N–H and O–H groups in total. The van der Waals surface area contributed by atoms with E-state index in [2.05, 4.69) is 10.4 Å². The van der Waals surface area contributed by atoms with Crippen LogP contribution in [0.1, 0.15) is 41.9 Å². The molecular weight excluding hydrogens is 314 g/mol. The number of benzene rings is 1. The van der Waals surface area contributed by atoms with Crippen LogP contribution in [0.3, 0.4) is 0 Å². The van der Waals surface area contributed by atoms with E-state index in [9.17, 15) is 9.59 Å². The number of carbonyl (C=O) groups is 1. The number of rotatable bonds is 3. The molecule has 3 rings (SSSR count). The van der Waals surface area contributed by atoms with E-state index in [0.717, 1.165) is 31.4 Å². The van der Waals surface area contributed by atoms with Gasteiger partial charge >= 0.3 is 0 Å². The zero-order valence-corrected chi connectivity index (χ0v) is 13.6. The Bertz CT molecular complexity index is 777. The average Bonchev–Trinajstić information content (AvgIpc) is 3.01. The van der Waals surface area contributed by atoms with Crippen molar-refractivity contribution in [2.45, 2.75) is 38.6 Å². The molecule has 1 aromatic carbocycles. The molecule has 0 bridgehead atoms. The number of carbonyl (C=O) groups excluding carboxylic acids is 1. The highest BCUT2D eigenvalue weighted by Gasteiger charge is 2.21. The van der Waals surface area contributed by atoms with Crippen LogP contribution in [0.4, 0.5) is 0 Å². The molecule has 1 aliphatic carbocycles. The number of nitrogens with zero attached hydrogens (tertiary/aromatic N) is 2. The van der Waals surface area contributed by atoms with Crippen LogP contribution in [0.5, 0.6) is 0 Å². The minimum atomic E-state index is -0.399. The molecule has 0 aliphatic heterocycles. The molecule has 1 aromatic heterocycles. The zero-order valence-electron chi connectivity index (χ0n) is 12.9. The van der Waals surface area contributed by atoms with Gasteiger partial charge in [-0.15, -0.1) is 0 Å². The van der Waals surface area contributed by atoms with Crippen molar-refractivity contribution < 1.29 is 4.79 Å². The molecule has 5 nitrogen and oxygen atoms in total. The average molecular weight is 332 g/mol. The van der Waals surface area contributed by atoms with Crippen molar-refractivity contribution in [2.75, 3.05) is 0 Å². The van der Waals surface area contributed by atoms with Crippen LogP contribution in [0.25, 0.3) is 5.69 Å². The summed E-state index contributed by atoms with van der Waals surface area (Å²) in [6.45, 7) is 1.78. The minimum absolute atomic E-state index is 0.0718. The highest BCUT2D eigenvalue weighted by Crippen LogP contribution is 2.18. The second-order valence-corrected chi connectivity index (χ2v) is 6.28. The molecule has 0 spiro atoms. The summed E-state index contributed by atoms with van der Waals surface area (Å²) in [6.07, 6.45) is 4.15. The maximum atomic E-state index is 12.4. The van der Waals surface area contributed by atoms with Crippen molar-refractivity contribution in [2.24, 2.45) is 0 Å². The maximum Gasteiger partial charge on any atom is 0.276 e. The Kier molecular flexibility index (Phi) is 4.48. The Labute approximate surface area is 139 Å². The fourth-order valence-electron chi connectivity index (χ4n) is 2.87. The van der Waals surface area contributed by atoms with Crippen LogP contribution in [0.15, 0.2) is 35.1 Å². The van der Waals surface area contributed by atoms with Gasteiger partial charge in [-0.1, -0.05) is 24.4 Å². The summed E-state index contributed by atoms with van der Waals surface area (Å²) in [5.74, 6) is -0.399. The van der Waals surface area contributed by atoms with Gasteiger partial charge in [0, 0.05) is 22.8 Å². The van der Waals surface area contributed by atoms with Crippen molar-refractivity contribution in [3.63, 3.8) is 0 Å². The van der Waals surface area contributed by atoms with Gasteiger partial charge in [0.1, 0.15) is 0 Å². The third kappa shape index (κ3) is 3.45. The third-order valence-corrected chi connectivity index (χ3v) is 4.34. The summed E-state index contributed by atoms with van der Waals surface area (Å²) in [5.41, 5.74) is 0.984. The van der Waals surface area contributed by atoms with Crippen LogP contribution in [-0.2, 0) is 0 Å². The first-order valence-corrected chi connectivity index (χ1v) is 8.10. The SMILES string of the molecule is Cc1cc(=O)c(C(=O)NC2CCCC2)nn1-c1ccc(Cl)cc1. The second kappa shape index (κ2) is 6.54. The number of nitrogens with one attached hydrogen (secondary N) is 1. The largest absolute Gasteiger partial charge is 0.348 e. The first-order chi connectivity index (χ1) is 11.0. The van der Waals surface area contributed by atoms with Crippen LogP contribution < -0.4 is 10.7 Å². The lowest BCUT2D eigenvalue weighted by Crippen LogP contribution is -2.37. The Hall–Kier alpha value is -2.14. The summed E-state index contributed by atoms with van der Waals surface area (Å²) >= 11 is 5.90. The molecule has 0 saturated heterocycles. The monoisotopic (exact) mass is 331 g/mol. The predicted octanol–water partition coefficient (Wildman–Crippen LogP) is 2.87. The Morgan fingerprint density at radius 2 is 1.91 bits per heavy atom. The second-order valence-electron chi connectivity index (χ2n) is 5.84. The van der Waals surface area contributed by atoms with Crippen LogP contribution >= 0.6 is 11.6 Å². The van der Waals surface area contributed by atoms with Crippen molar-refractivity contribution >= 4 is 17.5 Å². The first-order valence-electron chi connectivity index (χ1n) is 7.72. The minimum Gasteiger partial charge on any atom is -0.348 e. The van der Waals surface area contributed by atoms with Crippen molar-refractivity contribution in [1.82, 2.24) is 15.1 Å². The van der Waals surface area contributed by atoms with Gasteiger partial charge in [-0.3, -0.25) is 9.59 Å². The smallest absolute Gasteiger partial charge is 0.276 e. The van der Waals surface area contributed by atoms with Crippen LogP contribution in [0, 0.1) is 6.92 Å². The van der Waals surface area contributed by atoms with Crippen LogP contribution in [-0.4, -0.2) is 21.7 Å². The van der Waals surface area contributed by atoms with Gasteiger partial charge < -0.3 is 5.32 Å². The van der Waals surface area contributed by atoms with Gasteiger partial charge in [0.2, 0.25) is 5.43 Å². The number of halogens is 1. The molecule has 1 saturated carbocycles. The first kappa shape index (κ1) is 15.7. The molecule has 0 unspecified atom stereocenters. The number of amides is 1. The van der Waals surface area contributed by atoms with Crippen molar-refractivity contribution in [3.8, 4) is 5.69 Å². The molecule has 0 atom stereocenters. The number of aromatic nitrogens is 2. The van der Waals surface area contributed by atoms with E-state index in [4.69, 9.17) is 11.6 Å². The van der Waals surface area contributed by atoms with E-state index in [0.29, 0.717) is 10.7 Å². The van der Waals surface area contributed by atoms with Crippen molar-refractivity contribution in [3.05, 3.63) is 57.0 Å². The highest BCUT2D eigenvalue weighted by atomic mass is 35.5. The van der Waals surface area contributed by atoms with Gasteiger partial charge in [0.25, 0.3) is 5.91 Å². The molecule has 23 heavy (non-hydrogen) atoms. The van der Waals surface area contributed by atoms with E-state index in [1.54, 1.807) is 35.9 Å². The van der Waals surface area contributed by atoms with E-state index < -0.39 is 5.91 Å². The van der Waals surface area contributed by atoms with Gasteiger partial charge in [-0.05, 0) is 44.0 Å². The standard InChI is InChI=1S/C17H18ClN3O2/c1-11-10-15(22)16(17(23)19-13-4-2-3-5-13)20-21(11)14-8-6-12(18)7-9-14/h6-10,13H,2-5H2,1H3,(H,19,23). The third-order valence-electron chi connectivity index (χ3n) is 4.08. The Balaban J connectivity index is 1.94. The van der Waals surface area contributed by atoms with E-state index in [-0.39, 0.29) is 17.2 Å². The Morgan fingerprint density at radius 3 is 2.57 bits per heavy atom. The zero-order chi connectivity index (χ0) is 16.4. The molecule has 2 aromatic rings. The molecular formula is C17H18ClN3O2. The quantitative estimate of drug-likeness (QED) is 0.940. The van der Waals surface area contributed by atoms with Crippen molar-refractivity contribution in [1.29, 1.82) is 0 Å². The summed E-state index contributed by atoms with van der Waals surface area (Å²) in [4.78, 5) is 24.5. The fourth-order valence-corrected chi connectivity index (χ4v) is 3.00. The lowest BCUT2D eigenvalue weighted by molar-refractivity contribution is 0.0930. The number of aryl methyl sites for hydroxylation is 1. The molecule has 120 valence electrons. The summed E-state index contributed by atoms with van der Waals surface area (Å²) in [5, 5.41) is 7.79. The molecule has 6 heteroatoms. The van der Waals surface area contributed by atoms with Gasteiger partial charge in [0.05, 0.1) is 5.69 Å². The summed E-state index contributed by atoms with van der Waals surface area (Å²) < 4.78 is 1.58. The fraction of sp³-hybridized carbons (Fsp3) is 0.353. The molecule has 1 aliphatic rings. The molecule has 1 amide bonds. The normalized spacial score (nSPS) is 14.9. The topological polar surface area (TPSA) is 64.0 Å². The molecule has 1 heterocycles. The highest BCUT2D eigenvalue weighted by molar-refractivity contribution is 6.30. The van der Waals surface area contributed by atoms with E-state index in [1.165, 1.54) is 6.07 Å². The molecule has 0 radical (unpaired) electrons. The predicted molar refractivity (Wildman–Crippen MR) is 89.3 cm³/mol. The van der Waals surface area contributed by atoms with E-state index in [1.807, 2.05) is 0 Å². The Morgan fingerprint density at radius 1 is 1.26 bits per heavy atom. The van der Waals surface area contributed by atoms with E-state index >= 15 is 0 Å². The van der Waals surface area contributed by atoms with Gasteiger partial charge in [0.15, 0.2) is 5.69 Å². The van der Waals surface area contributed by atoms with Gasteiger partial charge in [-0.2, -0.15) is 5.10 Å². The number of hydrogen-bond acceptors (Lipinski definition) is 3. The lowest BCUT2D eigenvalue weighted by atomic mass is 10.2. The molecule has 1 fully saturated rings. The summed E-state index contributed by atoms with van der Waals surface area (Å²) in [7, 11) is 0. The number of hydrogen-bond donors (Lipinski definition) is 1. The van der Waals surface area contributed by atoms with Crippen LogP contribution in [0.2, 0.25) is 5.02 Å².